The van der Waals surface area contributed by atoms with Gasteiger partial charge in [0.2, 0.25) is 5.91 Å². The minimum atomic E-state index is 0. The van der Waals surface area contributed by atoms with Crippen molar-refractivity contribution in [3.63, 3.8) is 0 Å². The van der Waals surface area contributed by atoms with Crippen molar-refractivity contribution in [1.82, 2.24) is 10.6 Å². The molecule has 0 saturated carbocycles. The third-order valence-electron chi connectivity index (χ3n) is 4.19. The fourth-order valence-corrected chi connectivity index (χ4v) is 4.23. The lowest BCUT2D eigenvalue weighted by Crippen LogP contribution is -2.36. The molecule has 0 aromatic heterocycles. The van der Waals surface area contributed by atoms with Crippen LogP contribution in [-0.2, 0) is 11.2 Å². The molecular weight excluding hydrogens is 304 g/mol. The molecule has 1 aromatic carbocycles. The number of piperidine rings is 1. The lowest BCUT2D eigenvalue weighted by molar-refractivity contribution is -0.120. The first-order valence-electron chi connectivity index (χ1n) is 7.56. The van der Waals surface area contributed by atoms with Gasteiger partial charge in [0.15, 0.2) is 0 Å². The van der Waals surface area contributed by atoms with E-state index in [1.54, 1.807) is 11.8 Å². The summed E-state index contributed by atoms with van der Waals surface area (Å²) in [6, 6.07) is 8.34. The molecule has 3 nitrogen and oxygen atoms in total. The van der Waals surface area contributed by atoms with Crippen LogP contribution in [0.4, 0.5) is 0 Å². The van der Waals surface area contributed by atoms with E-state index in [0.717, 1.165) is 38.4 Å². The van der Waals surface area contributed by atoms with Crippen LogP contribution in [0.3, 0.4) is 0 Å². The summed E-state index contributed by atoms with van der Waals surface area (Å²) in [5, 5.41) is 6.61. The van der Waals surface area contributed by atoms with Gasteiger partial charge in [-0.3, -0.25) is 4.79 Å². The Kier molecular flexibility index (Phi) is 6.40. The number of thioether (sulfide) groups is 1. The van der Waals surface area contributed by atoms with Gasteiger partial charge in [0.25, 0.3) is 0 Å². The first kappa shape index (κ1) is 16.7. The van der Waals surface area contributed by atoms with Crippen molar-refractivity contribution in [3.05, 3.63) is 29.8 Å². The smallest absolute Gasteiger partial charge is 0.233 e. The van der Waals surface area contributed by atoms with Crippen LogP contribution in [0, 0.1) is 5.92 Å². The third kappa shape index (κ3) is 4.38. The molecule has 5 heteroatoms. The Hall–Kier alpha value is -0.710. The second-order valence-corrected chi connectivity index (χ2v) is 6.95. The summed E-state index contributed by atoms with van der Waals surface area (Å²) in [6.45, 7) is 3.08. The SMILES string of the molecule is Cl.O=C(NCCC1CCCNC1)C1Cc2ccccc2S1. The second-order valence-electron chi connectivity index (χ2n) is 5.71. The first-order valence-corrected chi connectivity index (χ1v) is 8.44. The molecule has 0 spiro atoms. The lowest BCUT2D eigenvalue weighted by Gasteiger charge is -2.22. The van der Waals surface area contributed by atoms with E-state index in [0.29, 0.717) is 0 Å². The molecule has 1 fully saturated rings. The van der Waals surface area contributed by atoms with Gasteiger partial charge >= 0.3 is 0 Å². The number of halogens is 1. The van der Waals surface area contributed by atoms with E-state index in [4.69, 9.17) is 0 Å². The monoisotopic (exact) mass is 326 g/mol. The summed E-state index contributed by atoms with van der Waals surface area (Å²) in [5.74, 6) is 0.937. The normalized spacial score (nSPS) is 24.0. The predicted molar refractivity (Wildman–Crippen MR) is 90.3 cm³/mol. The fraction of sp³-hybridized carbons (Fsp3) is 0.562. The molecule has 1 aromatic rings. The molecule has 21 heavy (non-hydrogen) atoms. The van der Waals surface area contributed by atoms with Crippen LogP contribution in [0.1, 0.15) is 24.8 Å². The Morgan fingerprint density at radius 1 is 1.38 bits per heavy atom. The zero-order chi connectivity index (χ0) is 13.8. The van der Waals surface area contributed by atoms with Gasteiger partial charge in [-0.25, -0.2) is 0 Å². The highest BCUT2D eigenvalue weighted by Crippen LogP contribution is 2.36. The quantitative estimate of drug-likeness (QED) is 0.893. The van der Waals surface area contributed by atoms with Crippen molar-refractivity contribution in [2.75, 3.05) is 19.6 Å². The summed E-state index contributed by atoms with van der Waals surface area (Å²) >= 11 is 1.71. The predicted octanol–water partition coefficient (Wildman–Crippen LogP) is 2.63. The average molecular weight is 327 g/mol. The minimum Gasteiger partial charge on any atom is -0.355 e. The Morgan fingerprint density at radius 2 is 2.24 bits per heavy atom. The maximum Gasteiger partial charge on any atom is 0.233 e. The summed E-state index contributed by atoms with van der Waals surface area (Å²) in [7, 11) is 0. The second kappa shape index (κ2) is 8.06. The van der Waals surface area contributed by atoms with Gasteiger partial charge in [-0.1, -0.05) is 18.2 Å². The highest BCUT2D eigenvalue weighted by molar-refractivity contribution is 8.01. The first-order chi connectivity index (χ1) is 9.83. The molecule has 1 saturated heterocycles. The van der Waals surface area contributed by atoms with Gasteiger partial charge in [-0.05, 0) is 56.3 Å². The number of hydrogen-bond acceptors (Lipinski definition) is 3. The molecule has 2 aliphatic heterocycles. The standard InChI is InChI=1S/C16H22N2OS.ClH/c19-16(18-9-7-12-4-3-8-17-11-12)15-10-13-5-1-2-6-14(13)20-15;/h1-2,5-6,12,15,17H,3-4,7-11H2,(H,18,19);1H. The van der Waals surface area contributed by atoms with E-state index in [2.05, 4.69) is 28.8 Å². The van der Waals surface area contributed by atoms with Crippen LogP contribution in [0.5, 0.6) is 0 Å². The van der Waals surface area contributed by atoms with E-state index in [1.165, 1.54) is 23.3 Å². The number of carbonyl (C=O) groups is 1. The van der Waals surface area contributed by atoms with Crippen LogP contribution >= 0.6 is 24.2 Å². The molecule has 2 heterocycles. The van der Waals surface area contributed by atoms with Crippen LogP contribution in [0.15, 0.2) is 29.2 Å². The number of hydrogen-bond donors (Lipinski definition) is 2. The largest absolute Gasteiger partial charge is 0.355 e. The van der Waals surface area contributed by atoms with E-state index in [1.807, 2.05) is 6.07 Å². The van der Waals surface area contributed by atoms with Gasteiger partial charge < -0.3 is 10.6 Å². The van der Waals surface area contributed by atoms with Gasteiger partial charge in [0.05, 0.1) is 5.25 Å². The average Bonchev–Trinajstić information content (AvgIpc) is 2.92. The maximum atomic E-state index is 12.2. The molecule has 0 bridgehead atoms. The van der Waals surface area contributed by atoms with Crippen LogP contribution in [0.25, 0.3) is 0 Å². The molecule has 2 N–H and O–H groups in total. The highest BCUT2D eigenvalue weighted by atomic mass is 35.5. The molecule has 2 atom stereocenters. The zero-order valence-corrected chi connectivity index (χ0v) is 13.8. The number of rotatable bonds is 4. The van der Waals surface area contributed by atoms with Crippen molar-refractivity contribution in [2.45, 2.75) is 35.8 Å². The van der Waals surface area contributed by atoms with Crippen LogP contribution in [-0.4, -0.2) is 30.8 Å². The van der Waals surface area contributed by atoms with E-state index < -0.39 is 0 Å². The summed E-state index contributed by atoms with van der Waals surface area (Å²) in [6.07, 6.45) is 4.54. The maximum absolute atomic E-state index is 12.2. The summed E-state index contributed by atoms with van der Waals surface area (Å²) in [5.41, 5.74) is 1.31. The number of carbonyl (C=O) groups excluding carboxylic acids is 1. The Morgan fingerprint density at radius 3 is 3.00 bits per heavy atom. The van der Waals surface area contributed by atoms with Gasteiger partial charge in [-0.15, -0.1) is 24.2 Å². The Bertz CT molecular complexity index is 452. The molecule has 3 rings (SSSR count). The van der Waals surface area contributed by atoms with Crippen molar-refractivity contribution in [1.29, 1.82) is 0 Å². The number of nitrogens with one attached hydrogen (secondary N) is 2. The number of fused-ring (bicyclic) bond motifs is 1. The van der Waals surface area contributed by atoms with Gasteiger partial charge in [-0.2, -0.15) is 0 Å². The van der Waals surface area contributed by atoms with E-state index >= 15 is 0 Å². The molecular formula is C16H23ClN2OS. The lowest BCUT2D eigenvalue weighted by atomic mass is 9.96. The third-order valence-corrected chi connectivity index (χ3v) is 5.51. The zero-order valence-electron chi connectivity index (χ0n) is 12.1. The molecule has 2 unspecified atom stereocenters. The Balaban J connectivity index is 0.00000161. The molecule has 116 valence electrons. The summed E-state index contributed by atoms with van der Waals surface area (Å²) in [4.78, 5) is 13.5. The Labute approximate surface area is 137 Å². The van der Waals surface area contributed by atoms with Crippen molar-refractivity contribution in [2.24, 2.45) is 5.92 Å². The van der Waals surface area contributed by atoms with Crippen molar-refractivity contribution in [3.8, 4) is 0 Å². The molecule has 0 aliphatic carbocycles. The van der Waals surface area contributed by atoms with Crippen molar-refractivity contribution < 1.29 is 4.79 Å². The minimum absolute atomic E-state index is 0. The molecule has 2 aliphatic rings. The van der Waals surface area contributed by atoms with Gasteiger partial charge in [0, 0.05) is 11.4 Å². The van der Waals surface area contributed by atoms with Crippen LogP contribution in [0.2, 0.25) is 0 Å². The molecule has 0 radical (unpaired) electrons. The topological polar surface area (TPSA) is 41.1 Å². The summed E-state index contributed by atoms with van der Waals surface area (Å²) < 4.78 is 0. The van der Waals surface area contributed by atoms with Crippen LogP contribution < -0.4 is 10.6 Å². The van der Waals surface area contributed by atoms with Crippen molar-refractivity contribution >= 4 is 30.1 Å². The fourth-order valence-electron chi connectivity index (χ4n) is 3.01. The van der Waals surface area contributed by atoms with E-state index in [9.17, 15) is 4.79 Å². The van der Waals surface area contributed by atoms with E-state index in [-0.39, 0.29) is 23.6 Å². The van der Waals surface area contributed by atoms with Gasteiger partial charge in [0.1, 0.15) is 0 Å². The number of benzene rings is 1. The highest BCUT2D eigenvalue weighted by Gasteiger charge is 2.27. The number of amides is 1. The molecule has 1 amide bonds.